The number of unbranched alkanes of at least 4 members (excludes halogenated alkanes) is 2. The van der Waals surface area contributed by atoms with Crippen LogP contribution >= 0.6 is 24.0 Å². The van der Waals surface area contributed by atoms with E-state index in [9.17, 15) is 8.42 Å². The van der Waals surface area contributed by atoms with Crippen molar-refractivity contribution in [2.45, 2.75) is 71.1 Å². The standard InChI is InChI=1S/C15H33N3O2S.HI/c1-7-9-10-11-13(3)18-14(16-8-2)17-12-15(4,5)21(6,19)20;/h13H,7-12H2,1-6H3,(H2,16,17,18);1H. The molecule has 0 aliphatic heterocycles. The molecule has 0 bridgehead atoms. The molecule has 7 heteroatoms. The van der Waals surface area contributed by atoms with E-state index in [1.165, 1.54) is 25.5 Å². The number of nitrogens with one attached hydrogen (secondary N) is 2. The third-order valence-electron chi connectivity index (χ3n) is 3.59. The van der Waals surface area contributed by atoms with Crippen LogP contribution in [0.5, 0.6) is 0 Å². The first-order valence-corrected chi connectivity index (χ1v) is 9.77. The van der Waals surface area contributed by atoms with E-state index in [-0.39, 0.29) is 30.5 Å². The van der Waals surface area contributed by atoms with Crippen molar-refractivity contribution >= 4 is 39.8 Å². The molecule has 22 heavy (non-hydrogen) atoms. The van der Waals surface area contributed by atoms with Crippen LogP contribution in [-0.4, -0.2) is 44.5 Å². The van der Waals surface area contributed by atoms with Gasteiger partial charge in [-0.2, -0.15) is 0 Å². The Bertz CT molecular complexity index is 423. The predicted molar refractivity (Wildman–Crippen MR) is 107 cm³/mol. The number of guanidine groups is 1. The average Bonchev–Trinajstić information content (AvgIpc) is 2.35. The third kappa shape index (κ3) is 9.86. The lowest BCUT2D eigenvalue weighted by Gasteiger charge is -2.22. The SMILES string of the molecule is CCCCCC(C)NC(=NCC(C)(C)S(C)(=O)=O)NCC.I. The Morgan fingerprint density at radius 2 is 1.82 bits per heavy atom. The molecule has 0 saturated heterocycles. The van der Waals surface area contributed by atoms with Crippen molar-refractivity contribution in [1.82, 2.24) is 10.6 Å². The van der Waals surface area contributed by atoms with E-state index >= 15 is 0 Å². The Kier molecular flexibility index (Phi) is 12.6. The lowest BCUT2D eigenvalue weighted by atomic mass is 10.1. The molecule has 5 nitrogen and oxygen atoms in total. The Balaban J connectivity index is 0. The fraction of sp³-hybridized carbons (Fsp3) is 0.933. The van der Waals surface area contributed by atoms with E-state index in [0.29, 0.717) is 12.0 Å². The van der Waals surface area contributed by atoms with Crippen molar-refractivity contribution in [3.05, 3.63) is 0 Å². The highest BCUT2D eigenvalue weighted by Gasteiger charge is 2.30. The first-order valence-electron chi connectivity index (χ1n) is 7.88. The second-order valence-corrected chi connectivity index (χ2v) is 8.92. The molecule has 0 spiro atoms. The van der Waals surface area contributed by atoms with Gasteiger partial charge in [0.2, 0.25) is 0 Å². The first-order chi connectivity index (χ1) is 9.64. The molecule has 0 heterocycles. The largest absolute Gasteiger partial charge is 0.357 e. The van der Waals surface area contributed by atoms with Crippen LogP contribution in [0.15, 0.2) is 4.99 Å². The van der Waals surface area contributed by atoms with Crippen molar-refractivity contribution in [3.8, 4) is 0 Å². The minimum absolute atomic E-state index is 0. The van der Waals surface area contributed by atoms with E-state index in [0.717, 1.165) is 13.0 Å². The number of sulfone groups is 1. The lowest BCUT2D eigenvalue weighted by Crippen LogP contribution is -2.44. The molecule has 0 amide bonds. The van der Waals surface area contributed by atoms with Gasteiger partial charge in [0, 0.05) is 18.8 Å². The number of hydrogen-bond donors (Lipinski definition) is 2. The smallest absolute Gasteiger partial charge is 0.191 e. The number of aliphatic imine (C=N–C) groups is 1. The Morgan fingerprint density at radius 1 is 1.23 bits per heavy atom. The first kappa shape index (κ1) is 24.2. The van der Waals surface area contributed by atoms with Gasteiger partial charge in [-0.25, -0.2) is 8.42 Å². The monoisotopic (exact) mass is 447 g/mol. The summed E-state index contributed by atoms with van der Waals surface area (Å²) in [6.07, 6.45) is 5.99. The second-order valence-electron chi connectivity index (χ2n) is 6.27. The van der Waals surface area contributed by atoms with E-state index in [2.05, 4.69) is 29.5 Å². The van der Waals surface area contributed by atoms with E-state index in [1.807, 2.05) is 6.92 Å². The van der Waals surface area contributed by atoms with Gasteiger partial charge < -0.3 is 10.6 Å². The summed E-state index contributed by atoms with van der Waals surface area (Å²) in [6.45, 7) is 10.7. The summed E-state index contributed by atoms with van der Waals surface area (Å²) in [5.74, 6) is 0.693. The molecule has 0 aromatic rings. The predicted octanol–water partition coefficient (Wildman–Crippen LogP) is 2.95. The average molecular weight is 447 g/mol. The van der Waals surface area contributed by atoms with Gasteiger partial charge >= 0.3 is 0 Å². The lowest BCUT2D eigenvalue weighted by molar-refractivity contribution is 0.541. The highest BCUT2D eigenvalue weighted by Crippen LogP contribution is 2.15. The zero-order valence-electron chi connectivity index (χ0n) is 14.9. The number of halogens is 1. The van der Waals surface area contributed by atoms with Crippen molar-refractivity contribution in [3.63, 3.8) is 0 Å². The van der Waals surface area contributed by atoms with Crippen LogP contribution in [-0.2, 0) is 9.84 Å². The summed E-state index contributed by atoms with van der Waals surface area (Å²) in [5.41, 5.74) is 0. The van der Waals surface area contributed by atoms with Gasteiger partial charge in [-0.05, 0) is 34.1 Å². The summed E-state index contributed by atoms with van der Waals surface area (Å²) >= 11 is 0. The third-order valence-corrected chi connectivity index (χ3v) is 5.73. The Morgan fingerprint density at radius 3 is 2.27 bits per heavy atom. The quantitative estimate of drug-likeness (QED) is 0.247. The van der Waals surface area contributed by atoms with Gasteiger partial charge in [0.1, 0.15) is 0 Å². The maximum Gasteiger partial charge on any atom is 0.191 e. The molecule has 0 radical (unpaired) electrons. The van der Waals surface area contributed by atoms with Crippen LogP contribution in [0.4, 0.5) is 0 Å². The van der Waals surface area contributed by atoms with Crippen LogP contribution in [0.2, 0.25) is 0 Å². The minimum Gasteiger partial charge on any atom is -0.357 e. The van der Waals surface area contributed by atoms with Gasteiger partial charge in [-0.15, -0.1) is 24.0 Å². The number of rotatable bonds is 9. The highest BCUT2D eigenvalue weighted by atomic mass is 127. The van der Waals surface area contributed by atoms with Crippen LogP contribution in [0.3, 0.4) is 0 Å². The molecular formula is C15H34IN3O2S. The summed E-state index contributed by atoms with van der Waals surface area (Å²) in [7, 11) is -3.12. The topological polar surface area (TPSA) is 70.6 Å². The molecule has 1 atom stereocenters. The Labute approximate surface area is 154 Å². The number of hydrogen-bond acceptors (Lipinski definition) is 3. The molecular weight excluding hydrogens is 413 g/mol. The molecule has 0 aromatic carbocycles. The fourth-order valence-corrected chi connectivity index (χ4v) is 2.01. The highest BCUT2D eigenvalue weighted by molar-refractivity contribution is 14.0. The summed E-state index contributed by atoms with van der Waals surface area (Å²) in [6, 6.07) is 0.329. The van der Waals surface area contributed by atoms with Gasteiger partial charge in [-0.3, -0.25) is 4.99 Å². The second kappa shape index (κ2) is 11.5. The van der Waals surface area contributed by atoms with Gasteiger partial charge in [0.15, 0.2) is 15.8 Å². The maximum absolute atomic E-state index is 11.7. The van der Waals surface area contributed by atoms with Crippen LogP contribution in [0.1, 0.15) is 60.3 Å². The summed E-state index contributed by atoms with van der Waals surface area (Å²) < 4.78 is 22.6. The molecule has 0 aliphatic carbocycles. The Hall–Kier alpha value is -0.0500. The van der Waals surface area contributed by atoms with Gasteiger partial charge in [0.25, 0.3) is 0 Å². The molecule has 0 rings (SSSR count). The molecule has 0 aliphatic rings. The van der Waals surface area contributed by atoms with Crippen LogP contribution in [0.25, 0.3) is 0 Å². The molecule has 0 saturated carbocycles. The zero-order valence-corrected chi connectivity index (χ0v) is 18.0. The minimum atomic E-state index is -3.12. The molecule has 0 fully saturated rings. The van der Waals surface area contributed by atoms with E-state index in [1.54, 1.807) is 13.8 Å². The van der Waals surface area contributed by atoms with Gasteiger partial charge in [-0.1, -0.05) is 26.2 Å². The van der Waals surface area contributed by atoms with E-state index < -0.39 is 14.6 Å². The van der Waals surface area contributed by atoms with Gasteiger partial charge in [0.05, 0.1) is 11.3 Å². The molecule has 2 N–H and O–H groups in total. The molecule has 134 valence electrons. The van der Waals surface area contributed by atoms with E-state index in [4.69, 9.17) is 0 Å². The molecule has 1 unspecified atom stereocenters. The van der Waals surface area contributed by atoms with Crippen LogP contribution < -0.4 is 10.6 Å². The maximum atomic E-state index is 11.7. The molecule has 0 aromatic heterocycles. The summed E-state index contributed by atoms with van der Waals surface area (Å²) in [4.78, 5) is 4.44. The van der Waals surface area contributed by atoms with Crippen molar-refractivity contribution in [2.24, 2.45) is 4.99 Å². The van der Waals surface area contributed by atoms with Crippen molar-refractivity contribution in [2.75, 3.05) is 19.3 Å². The zero-order chi connectivity index (χ0) is 16.5. The normalized spacial score (nSPS) is 14.2. The summed E-state index contributed by atoms with van der Waals surface area (Å²) in [5, 5.41) is 6.52. The number of nitrogens with zero attached hydrogens (tertiary/aromatic N) is 1. The van der Waals surface area contributed by atoms with Crippen molar-refractivity contribution in [1.29, 1.82) is 0 Å². The van der Waals surface area contributed by atoms with Crippen LogP contribution in [0, 0.1) is 0 Å². The fourth-order valence-electron chi connectivity index (χ4n) is 1.71. The van der Waals surface area contributed by atoms with Crippen molar-refractivity contribution < 1.29 is 8.42 Å².